The molecule has 0 unspecified atom stereocenters. The smallest absolute Gasteiger partial charge is 0.0230 e. The lowest BCUT2D eigenvalue weighted by atomic mass is 10.0. The van der Waals surface area contributed by atoms with Gasteiger partial charge in [-0.1, -0.05) is 38.5 Å². The van der Waals surface area contributed by atoms with Gasteiger partial charge in [0.1, 0.15) is 0 Å². The third-order valence-corrected chi connectivity index (χ3v) is 4.10. The second-order valence-corrected chi connectivity index (χ2v) is 5.69. The van der Waals surface area contributed by atoms with Gasteiger partial charge in [0, 0.05) is 18.0 Å². The second-order valence-electron chi connectivity index (χ2n) is 4.52. The summed E-state index contributed by atoms with van der Waals surface area (Å²) in [4.78, 5) is 1.37. The van der Waals surface area contributed by atoms with Gasteiger partial charge in [-0.3, -0.25) is 0 Å². The van der Waals surface area contributed by atoms with Gasteiger partial charge >= 0.3 is 0 Å². The molecule has 0 N–H and O–H groups in total. The van der Waals surface area contributed by atoms with Gasteiger partial charge in [0.05, 0.1) is 0 Å². The third-order valence-electron chi connectivity index (χ3n) is 3.00. The van der Waals surface area contributed by atoms with Crippen molar-refractivity contribution in [3.05, 3.63) is 29.8 Å². The standard InChI is InChI=1S/C13H19NS.C2H6/c1-11-3-5-13(6-4-11)15-14-9-7-12(2)8-10-14;1-2/h3-6,12H,7-10H2,1-2H3;1-2H3. The van der Waals surface area contributed by atoms with Gasteiger partial charge in [-0.15, -0.1) is 0 Å². The SMILES string of the molecule is CC.Cc1ccc(SN2CCC(C)CC2)cc1. The first-order chi connectivity index (χ1) is 8.24. The number of aryl methyl sites for hydroxylation is 1. The molecule has 1 fully saturated rings. The Morgan fingerprint density at radius 1 is 1.06 bits per heavy atom. The van der Waals surface area contributed by atoms with Gasteiger partial charge in [0.25, 0.3) is 0 Å². The van der Waals surface area contributed by atoms with Gasteiger partial charge < -0.3 is 0 Å². The molecule has 1 heterocycles. The molecule has 1 aromatic rings. The fourth-order valence-electron chi connectivity index (χ4n) is 1.82. The Kier molecular flexibility index (Phi) is 6.68. The van der Waals surface area contributed by atoms with Crippen molar-refractivity contribution in [2.75, 3.05) is 13.1 Å². The second kappa shape index (κ2) is 7.78. The summed E-state index contributed by atoms with van der Waals surface area (Å²) in [6, 6.07) is 8.82. The van der Waals surface area contributed by atoms with E-state index in [9.17, 15) is 0 Å². The molecule has 0 aromatic heterocycles. The van der Waals surface area contributed by atoms with Crippen molar-refractivity contribution in [3.63, 3.8) is 0 Å². The average Bonchev–Trinajstić information content (AvgIpc) is 2.37. The Bertz CT molecular complexity index is 299. The largest absolute Gasteiger partial charge is 0.246 e. The van der Waals surface area contributed by atoms with E-state index in [2.05, 4.69) is 42.4 Å². The highest BCUT2D eigenvalue weighted by atomic mass is 32.2. The minimum atomic E-state index is 0.917. The minimum Gasteiger partial charge on any atom is -0.246 e. The molecule has 0 atom stereocenters. The summed E-state index contributed by atoms with van der Waals surface area (Å²) in [5, 5.41) is 0. The first-order valence-corrected chi connectivity index (χ1v) is 7.51. The number of rotatable bonds is 2. The van der Waals surface area contributed by atoms with E-state index >= 15 is 0 Å². The van der Waals surface area contributed by atoms with Crippen LogP contribution >= 0.6 is 11.9 Å². The van der Waals surface area contributed by atoms with E-state index in [-0.39, 0.29) is 0 Å². The fourth-order valence-corrected chi connectivity index (χ4v) is 2.77. The van der Waals surface area contributed by atoms with Gasteiger partial charge in [-0.2, -0.15) is 0 Å². The van der Waals surface area contributed by atoms with Crippen LogP contribution in [-0.4, -0.2) is 17.4 Å². The molecular weight excluding hydrogens is 226 g/mol. The van der Waals surface area contributed by atoms with Crippen LogP contribution in [0.25, 0.3) is 0 Å². The molecule has 0 radical (unpaired) electrons. The van der Waals surface area contributed by atoms with Crippen LogP contribution in [0.1, 0.15) is 39.2 Å². The van der Waals surface area contributed by atoms with Crippen LogP contribution in [0.15, 0.2) is 29.2 Å². The van der Waals surface area contributed by atoms with Crippen molar-refractivity contribution in [3.8, 4) is 0 Å². The first kappa shape index (κ1) is 14.6. The third kappa shape index (κ3) is 5.13. The summed E-state index contributed by atoms with van der Waals surface area (Å²) in [7, 11) is 0. The normalized spacial score (nSPS) is 17.4. The maximum Gasteiger partial charge on any atom is 0.0230 e. The first-order valence-electron chi connectivity index (χ1n) is 6.73. The maximum atomic E-state index is 2.49. The highest BCUT2D eigenvalue weighted by Gasteiger charge is 2.16. The zero-order chi connectivity index (χ0) is 12.7. The van der Waals surface area contributed by atoms with Crippen molar-refractivity contribution in [1.82, 2.24) is 4.31 Å². The monoisotopic (exact) mass is 251 g/mol. The highest BCUT2D eigenvalue weighted by molar-refractivity contribution is 7.97. The van der Waals surface area contributed by atoms with E-state index in [4.69, 9.17) is 0 Å². The van der Waals surface area contributed by atoms with E-state index in [1.807, 2.05) is 25.8 Å². The average molecular weight is 251 g/mol. The molecule has 17 heavy (non-hydrogen) atoms. The predicted molar refractivity (Wildman–Crippen MR) is 78.4 cm³/mol. The molecule has 1 aromatic carbocycles. The molecule has 2 rings (SSSR count). The molecule has 96 valence electrons. The van der Waals surface area contributed by atoms with Crippen LogP contribution in [0.2, 0.25) is 0 Å². The Balaban J connectivity index is 0.000000686. The number of hydrogen-bond acceptors (Lipinski definition) is 2. The molecule has 1 aliphatic rings. The van der Waals surface area contributed by atoms with Gasteiger partial charge in [-0.25, -0.2) is 4.31 Å². The summed E-state index contributed by atoms with van der Waals surface area (Å²) < 4.78 is 2.49. The number of benzene rings is 1. The minimum absolute atomic E-state index is 0.917. The molecule has 0 saturated carbocycles. The predicted octanol–water partition coefficient (Wildman–Crippen LogP) is 4.76. The lowest BCUT2D eigenvalue weighted by Crippen LogP contribution is -2.27. The lowest BCUT2D eigenvalue weighted by Gasteiger charge is -2.28. The molecule has 1 aliphatic heterocycles. The zero-order valence-corrected chi connectivity index (χ0v) is 12.4. The molecule has 0 spiro atoms. The van der Waals surface area contributed by atoms with E-state index < -0.39 is 0 Å². The quantitative estimate of drug-likeness (QED) is 0.697. The van der Waals surface area contributed by atoms with E-state index in [0.29, 0.717) is 0 Å². The molecule has 0 aliphatic carbocycles. The van der Waals surface area contributed by atoms with Crippen LogP contribution in [0.4, 0.5) is 0 Å². The zero-order valence-electron chi connectivity index (χ0n) is 11.6. The summed E-state index contributed by atoms with van der Waals surface area (Å²) >= 11 is 1.91. The summed E-state index contributed by atoms with van der Waals surface area (Å²) in [6.07, 6.45) is 2.69. The van der Waals surface area contributed by atoms with E-state index in [0.717, 1.165) is 5.92 Å². The van der Waals surface area contributed by atoms with E-state index in [1.54, 1.807) is 0 Å². The number of nitrogens with zero attached hydrogens (tertiary/aromatic N) is 1. The van der Waals surface area contributed by atoms with Gasteiger partial charge in [0.2, 0.25) is 0 Å². The van der Waals surface area contributed by atoms with Crippen molar-refractivity contribution in [2.45, 2.75) is 45.4 Å². The Hall–Kier alpha value is -0.470. The highest BCUT2D eigenvalue weighted by Crippen LogP contribution is 2.27. The Morgan fingerprint density at radius 2 is 1.59 bits per heavy atom. The summed E-state index contributed by atoms with van der Waals surface area (Å²) in [5.74, 6) is 0.917. The van der Waals surface area contributed by atoms with Crippen molar-refractivity contribution in [2.24, 2.45) is 5.92 Å². The van der Waals surface area contributed by atoms with Crippen molar-refractivity contribution >= 4 is 11.9 Å². The lowest BCUT2D eigenvalue weighted by molar-refractivity contribution is 0.308. The van der Waals surface area contributed by atoms with Crippen LogP contribution in [-0.2, 0) is 0 Å². The summed E-state index contributed by atoms with van der Waals surface area (Å²) in [6.45, 7) is 11.0. The molecule has 0 bridgehead atoms. The van der Waals surface area contributed by atoms with Crippen molar-refractivity contribution < 1.29 is 0 Å². The van der Waals surface area contributed by atoms with Gasteiger partial charge in [-0.05, 0) is 49.8 Å². The molecule has 2 heteroatoms. The number of hydrogen-bond donors (Lipinski definition) is 0. The molecular formula is C15H25NS. The van der Waals surface area contributed by atoms with Crippen LogP contribution in [0, 0.1) is 12.8 Å². The Morgan fingerprint density at radius 3 is 2.12 bits per heavy atom. The Labute approximate surface area is 111 Å². The van der Waals surface area contributed by atoms with Crippen LogP contribution < -0.4 is 0 Å². The maximum absolute atomic E-state index is 2.49. The molecule has 1 nitrogen and oxygen atoms in total. The van der Waals surface area contributed by atoms with E-state index in [1.165, 1.54) is 36.4 Å². The van der Waals surface area contributed by atoms with Crippen LogP contribution in [0.3, 0.4) is 0 Å². The fraction of sp³-hybridized carbons (Fsp3) is 0.600. The van der Waals surface area contributed by atoms with Crippen LogP contribution in [0.5, 0.6) is 0 Å². The van der Waals surface area contributed by atoms with Crippen molar-refractivity contribution in [1.29, 1.82) is 0 Å². The summed E-state index contributed by atoms with van der Waals surface area (Å²) in [5.41, 5.74) is 1.34. The molecule has 0 amide bonds. The van der Waals surface area contributed by atoms with Gasteiger partial charge in [0.15, 0.2) is 0 Å². The molecule has 1 saturated heterocycles. The topological polar surface area (TPSA) is 3.24 Å². The number of piperidine rings is 1.